The third-order valence-corrected chi connectivity index (χ3v) is 4.11. The Balaban J connectivity index is 1.99. The molecule has 5 heteroatoms. The summed E-state index contributed by atoms with van der Waals surface area (Å²) in [6, 6.07) is 18.3. The second-order valence-corrected chi connectivity index (χ2v) is 5.79. The molecule has 3 aromatic rings. The maximum atomic E-state index is 11.3. The van der Waals surface area contributed by atoms with Gasteiger partial charge in [0.25, 0.3) is 5.91 Å². The number of amides is 1. The fraction of sp³-hybridized carbons (Fsp3) is 0.150. The Bertz CT molecular complexity index is 1000. The minimum absolute atomic E-state index is 0.202. The summed E-state index contributed by atoms with van der Waals surface area (Å²) in [5, 5.41) is 14.8. The predicted octanol–water partition coefficient (Wildman–Crippen LogP) is 3.61. The van der Waals surface area contributed by atoms with Crippen LogP contribution in [-0.4, -0.2) is 16.7 Å². The number of nitrogens with zero attached hydrogens (tertiary/aromatic N) is 3. The number of nitrogens with one attached hydrogen (secondary N) is 1. The Labute approximate surface area is 146 Å². The summed E-state index contributed by atoms with van der Waals surface area (Å²) in [6.07, 6.45) is 1.41. The molecule has 1 N–H and O–H groups in total. The number of carbonyl (C=O) groups excluding carboxylic acids is 1. The zero-order chi connectivity index (χ0) is 17.8. The molecule has 0 atom stereocenters. The molecule has 0 fully saturated rings. The first-order chi connectivity index (χ1) is 12.1. The van der Waals surface area contributed by atoms with E-state index in [4.69, 9.17) is 5.26 Å². The highest BCUT2D eigenvalue weighted by molar-refractivity contribution is 5.91. The van der Waals surface area contributed by atoms with E-state index < -0.39 is 5.91 Å². The lowest BCUT2D eigenvalue weighted by Crippen LogP contribution is -2.16. The van der Waals surface area contributed by atoms with Gasteiger partial charge in [-0.05, 0) is 31.4 Å². The molecule has 1 heterocycles. The van der Waals surface area contributed by atoms with Gasteiger partial charge in [0.05, 0.1) is 18.0 Å². The molecular weight excluding hydrogens is 312 g/mol. The average molecular weight is 330 g/mol. The lowest BCUT2D eigenvalue weighted by Gasteiger charge is -2.12. The molecule has 0 bridgehead atoms. The van der Waals surface area contributed by atoms with Gasteiger partial charge in [0.2, 0.25) is 0 Å². The normalized spacial score (nSPS) is 10.9. The molecule has 0 saturated heterocycles. The number of fused-ring (bicyclic) bond motifs is 1. The first-order valence-electron chi connectivity index (χ1n) is 7.97. The quantitative estimate of drug-likeness (QED) is 0.586. The van der Waals surface area contributed by atoms with Crippen LogP contribution in [0.4, 0.5) is 0 Å². The van der Waals surface area contributed by atoms with Crippen molar-refractivity contribution in [2.45, 2.75) is 20.3 Å². The third kappa shape index (κ3) is 3.29. The summed E-state index contributed by atoms with van der Waals surface area (Å²) < 4.78 is 2.18. The number of hydrogen-bond acceptors (Lipinski definition) is 3. The molecule has 5 nitrogen and oxygen atoms in total. The van der Waals surface area contributed by atoms with Crippen molar-refractivity contribution in [1.29, 1.82) is 5.26 Å². The molecule has 25 heavy (non-hydrogen) atoms. The number of carbonyl (C=O) groups is 1. The highest BCUT2D eigenvalue weighted by Crippen LogP contribution is 2.26. The zero-order valence-corrected chi connectivity index (χ0v) is 14.2. The number of aryl methyl sites for hydroxylation is 1. The van der Waals surface area contributed by atoms with E-state index in [0.29, 0.717) is 0 Å². The smallest absolute Gasteiger partial charge is 0.254 e. The molecule has 2 aromatic carbocycles. The van der Waals surface area contributed by atoms with Crippen LogP contribution < -0.4 is 5.43 Å². The van der Waals surface area contributed by atoms with E-state index in [2.05, 4.69) is 39.4 Å². The van der Waals surface area contributed by atoms with Gasteiger partial charge in [0.1, 0.15) is 6.42 Å². The van der Waals surface area contributed by atoms with Gasteiger partial charge < -0.3 is 4.57 Å². The number of hydrazone groups is 1. The van der Waals surface area contributed by atoms with E-state index in [1.165, 1.54) is 10.8 Å². The highest BCUT2D eigenvalue weighted by atomic mass is 16.2. The van der Waals surface area contributed by atoms with Crippen LogP contribution in [0.3, 0.4) is 0 Å². The van der Waals surface area contributed by atoms with Crippen molar-refractivity contribution in [3.63, 3.8) is 0 Å². The van der Waals surface area contributed by atoms with E-state index in [-0.39, 0.29) is 6.42 Å². The third-order valence-electron chi connectivity index (χ3n) is 4.11. The van der Waals surface area contributed by atoms with Gasteiger partial charge in [-0.3, -0.25) is 4.79 Å². The van der Waals surface area contributed by atoms with Gasteiger partial charge in [-0.15, -0.1) is 0 Å². The Morgan fingerprint density at radius 1 is 1.24 bits per heavy atom. The van der Waals surface area contributed by atoms with Crippen LogP contribution in [0.5, 0.6) is 0 Å². The summed E-state index contributed by atoms with van der Waals surface area (Å²) in [5.41, 5.74) is 6.50. The van der Waals surface area contributed by atoms with Gasteiger partial charge in [0.15, 0.2) is 0 Å². The molecule has 0 aliphatic rings. The molecular formula is C20H18N4O. The van der Waals surface area contributed by atoms with Gasteiger partial charge in [-0.25, -0.2) is 5.43 Å². The largest absolute Gasteiger partial charge is 0.317 e. The van der Waals surface area contributed by atoms with Crippen molar-refractivity contribution in [3.8, 4) is 11.8 Å². The second-order valence-electron chi connectivity index (χ2n) is 5.79. The molecule has 0 aliphatic heterocycles. The van der Waals surface area contributed by atoms with Crippen LogP contribution in [0.2, 0.25) is 0 Å². The minimum atomic E-state index is -0.415. The fourth-order valence-corrected chi connectivity index (χ4v) is 2.98. The van der Waals surface area contributed by atoms with Gasteiger partial charge in [-0.1, -0.05) is 36.4 Å². The predicted molar refractivity (Wildman–Crippen MR) is 98.7 cm³/mol. The van der Waals surface area contributed by atoms with Crippen LogP contribution in [0.25, 0.3) is 16.5 Å². The van der Waals surface area contributed by atoms with Gasteiger partial charge >= 0.3 is 0 Å². The van der Waals surface area contributed by atoms with E-state index >= 15 is 0 Å². The van der Waals surface area contributed by atoms with Crippen LogP contribution in [0.1, 0.15) is 23.4 Å². The Kier molecular flexibility index (Phi) is 4.62. The summed E-state index contributed by atoms with van der Waals surface area (Å²) >= 11 is 0. The standard InChI is InChI=1S/C20H18N4O/c1-14-12-17(13-22-23-20(25)10-11-21)15(2)24(14)19-9-5-7-16-6-3-4-8-18(16)19/h3-9,12-13H,10H2,1-2H3,(H,23,25)/b22-13+. The molecule has 0 saturated carbocycles. The van der Waals surface area contributed by atoms with Crippen molar-refractivity contribution < 1.29 is 4.79 Å². The number of aromatic nitrogens is 1. The number of benzene rings is 2. The zero-order valence-electron chi connectivity index (χ0n) is 14.2. The highest BCUT2D eigenvalue weighted by Gasteiger charge is 2.11. The Hall–Kier alpha value is -3.39. The monoisotopic (exact) mass is 330 g/mol. The van der Waals surface area contributed by atoms with E-state index in [1.807, 2.05) is 38.1 Å². The average Bonchev–Trinajstić information content (AvgIpc) is 2.88. The van der Waals surface area contributed by atoms with Crippen LogP contribution >= 0.6 is 0 Å². The van der Waals surface area contributed by atoms with Gasteiger partial charge in [0, 0.05) is 22.3 Å². The summed E-state index contributed by atoms with van der Waals surface area (Å²) in [5.74, 6) is -0.415. The fourth-order valence-electron chi connectivity index (χ4n) is 2.98. The van der Waals surface area contributed by atoms with Crippen molar-refractivity contribution in [1.82, 2.24) is 9.99 Å². The molecule has 0 radical (unpaired) electrons. The van der Waals surface area contributed by atoms with Crippen molar-refractivity contribution in [3.05, 3.63) is 65.5 Å². The minimum Gasteiger partial charge on any atom is -0.317 e. The van der Waals surface area contributed by atoms with Gasteiger partial charge in [-0.2, -0.15) is 10.4 Å². The van der Waals surface area contributed by atoms with Crippen LogP contribution in [0, 0.1) is 25.2 Å². The number of hydrogen-bond donors (Lipinski definition) is 1. The molecule has 3 rings (SSSR count). The van der Waals surface area contributed by atoms with E-state index in [0.717, 1.165) is 22.6 Å². The van der Waals surface area contributed by atoms with Crippen molar-refractivity contribution >= 4 is 22.9 Å². The molecule has 0 spiro atoms. The number of nitriles is 1. The molecule has 0 unspecified atom stereocenters. The molecule has 124 valence electrons. The second kappa shape index (κ2) is 7.02. The summed E-state index contributed by atoms with van der Waals surface area (Å²) in [6.45, 7) is 4.06. The van der Waals surface area contributed by atoms with E-state index in [9.17, 15) is 4.79 Å². The maximum Gasteiger partial charge on any atom is 0.254 e. The SMILES string of the molecule is Cc1cc(/C=N/NC(=O)CC#N)c(C)n1-c1cccc2ccccc12. The maximum absolute atomic E-state index is 11.3. The van der Waals surface area contributed by atoms with Crippen LogP contribution in [0.15, 0.2) is 53.6 Å². The molecule has 0 aliphatic carbocycles. The van der Waals surface area contributed by atoms with Crippen LogP contribution in [-0.2, 0) is 4.79 Å². The lowest BCUT2D eigenvalue weighted by molar-refractivity contribution is -0.120. The topological polar surface area (TPSA) is 70.2 Å². The first-order valence-corrected chi connectivity index (χ1v) is 7.97. The van der Waals surface area contributed by atoms with E-state index in [1.54, 1.807) is 12.3 Å². The number of rotatable bonds is 4. The van der Waals surface area contributed by atoms with Crippen molar-refractivity contribution in [2.24, 2.45) is 5.10 Å². The Morgan fingerprint density at radius 2 is 2.00 bits per heavy atom. The first kappa shape index (κ1) is 16.5. The summed E-state index contributed by atoms with van der Waals surface area (Å²) in [7, 11) is 0. The lowest BCUT2D eigenvalue weighted by atomic mass is 10.1. The molecule has 1 amide bonds. The Morgan fingerprint density at radius 3 is 2.80 bits per heavy atom. The molecule has 1 aromatic heterocycles. The van der Waals surface area contributed by atoms with Crippen molar-refractivity contribution in [2.75, 3.05) is 0 Å². The summed E-state index contributed by atoms with van der Waals surface area (Å²) in [4.78, 5) is 11.3.